The standard InChI is InChI=1S/C23H29BN2O6S/c1-22(2)23(3,4)32-24(31-22)19(14-17-10-12-20(13-11-17)33(25,28)29)15-26-21(27)30-16-18-8-6-5-7-9-18/h5-14H,15-16H2,1-4H3,(H,26,27)(H2,25,28,29). The summed E-state index contributed by atoms with van der Waals surface area (Å²) >= 11 is 0. The number of benzene rings is 2. The zero-order valence-corrected chi connectivity index (χ0v) is 20.0. The third kappa shape index (κ3) is 6.45. The molecule has 1 saturated heterocycles. The van der Waals surface area contributed by atoms with Crippen molar-refractivity contribution in [3.63, 3.8) is 0 Å². The number of sulfonamides is 1. The molecule has 0 unspecified atom stereocenters. The maximum atomic E-state index is 12.3. The zero-order chi connectivity index (χ0) is 24.3. The lowest BCUT2D eigenvalue weighted by atomic mass is 9.77. The Morgan fingerprint density at radius 3 is 2.15 bits per heavy atom. The number of hydrogen-bond acceptors (Lipinski definition) is 6. The van der Waals surface area contributed by atoms with Gasteiger partial charge in [0.2, 0.25) is 10.0 Å². The molecule has 1 aliphatic rings. The van der Waals surface area contributed by atoms with Crippen LogP contribution >= 0.6 is 0 Å². The Morgan fingerprint density at radius 2 is 1.61 bits per heavy atom. The van der Waals surface area contributed by atoms with Crippen molar-refractivity contribution in [3.05, 3.63) is 71.2 Å². The Balaban J connectivity index is 1.76. The molecule has 33 heavy (non-hydrogen) atoms. The number of rotatable bonds is 7. The van der Waals surface area contributed by atoms with Crippen LogP contribution in [-0.4, -0.2) is 39.4 Å². The maximum absolute atomic E-state index is 12.3. The number of primary sulfonamides is 1. The summed E-state index contributed by atoms with van der Waals surface area (Å²) in [5, 5.41) is 7.91. The second-order valence-corrected chi connectivity index (χ2v) is 10.4. The van der Waals surface area contributed by atoms with Crippen molar-refractivity contribution in [2.75, 3.05) is 6.54 Å². The number of ether oxygens (including phenoxy) is 1. The predicted molar refractivity (Wildman–Crippen MR) is 127 cm³/mol. The van der Waals surface area contributed by atoms with Crippen LogP contribution < -0.4 is 10.5 Å². The van der Waals surface area contributed by atoms with E-state index in [0.29, 0.717) is 11.0 Å². The molecule has 0 aliphatic carbocycles. The van der Waals surface area contributed by atoms with Gasteiger partial charge in [-0.1, -0.05) is 48.5 Å². The van der Waals surface area contributed by atoms with Gasteiger partial charge in [-0.25, -0.2) is 18.4 Å². The Morgan fingerprint density at radius 1 is 1.03 bits per heavy atom. The number of carbonyl (C=O) groups excluding carboxylic acids is 1. The van der Waals surface area contributed by atoms with Gasteiger partial charge in [-0.3, -0.25) is 0 Å². The van der Waals surface area contributed by atoms with Gasteiger partial charge in [0, 0.05) is 6.54 Å². The number of nitrogens with two attached hydrogens (primary N) is 1. The van der Waals surface area contributed by atoms with Gasteiger partial charge in [-0.05, 0) is 56.4 Å². The van der Waals surface area contributed by atoms with Gasteiger partial charge in [0.05, 0.1) is 16.1 Å². The van der Waals surface area contributed by atoms with Crippen LogP contribution in [0.15, 0.2) is 65.0 Å². The highest BCUT2D eigenvalue weighted by atomic mass is 32.2. The van der Waals surface area contributed by atoms with Crippen LogP contribution in [0.25, 0.3) is 6.08 Å². The molecule has 1 aliphatic heterocycles. The van der Waals surface area contributed by atoms with Gasteiger partial charge in [0.15, 0.2) is 0 Å². The van der Waals surface area contributed by atoms with Crippen LogP contribution in [0, 0.1) is 0 Å². The topological polar surface area (TPSA) is 117 Å². The van der Waals surface area contributed by atoms with Crippen molar-refractivity contribution >= 4 is 29.3 Å². The molecule has 1 amide bonds. The highest BCUT2D eigenvalue weighted by molar-refractivity contribution is 7.89. The minimum Gasteiger partial charge on any atom is -0.445 e. The van der Waals surface area contributed by atoms with E-state index in [-0.39, 0.29) is 18.0 Å². The van der Waals surface area contributed by atoms with Crippen molar-refractivity contribution < 1.29 is 27.3 Å². The Labute approximate surface area is 195 Å². The van der Waals surface area contributed by atoms with Crippen molar-refractivity contribution in [1.82, 2.24) is 5.32 Å². The van der Waals surface area contributed by atoms with Crippen LogP contribution in [0.3, 0.4) is 0 Å². The molecule has 0 atom stereocenters. The molecule has 0 aromatic heterocycles. The molecule has 0 radical (unpaired) electrons. The summed E-state index contributed by atoms with van der Waals surface area (Å²) < 4.78 is 40.6. The first kappa shape index (κ1) is 25.0. The highest BCUT2D eigenvalue weighted by Crippen LogP contribution is 2.38. The molecule has 2 aromatic rings. The van der Waals surface area contributed by atoms with Crippen LogP contribution in [0.1, 0.15) is 38.8 Å². The van der Waals surface area contributed by atoms with E-state index in [1.54, 1.807) is 18.2 Å². The van der Waals surface area contributed by atoms with E-state index >= 15 is 0 Å². The summed E-state index contributed by atoms with van der Waals surface area (Å²) in [6.07, 6.45) is 1.21. The van der Waals surface area contributed by atoms with Crippen LogP contribution in [-0.2, 0) is 30.7 Å². The average molecular weight is 472 g/mol. The molecule has 2 aromatic carbocycles. The summed E-state index contributed by atoms with van der Waals surface area (Å²) in [7, 11) is -4.50. The van der Waals surface area contributed by atoms with E-state index in [0.717, 1.165) is 5.56 Å². The number of hydrogen-bond donors (Lipinski definition) is 2. The quantitative estimate of drug-likeness (QED) is 0.598. The van der Waals surface area contributed by atoms with Crippen LogP contribution in [0.4, 0.5) is 4.79 Å². The second kappa shape index (κ2) is 9.68. The lowest BCUT2D eigenvalue weighted by molar-refractivity contribution is 0.00578. The summed E-state index contributed by atoms with van der Waals surface area (Å²) in [6, 6.07) is 15.5. The smallest absolute Gasteiger partial charge is 0.445 e. The Hall–Kier alpha value is -2.66. The van der Waals surface area contributed by atoms with E-state index in [1.165, 1.54) is 12.1 Å². The number of alkyl carbamates (subject to hydrolysis) is 1. The number of amides is 1. The van der Waals surface area contributed by atoms with Gasteiger partial charge in [0.25, 0.3) is 0 Å². The van der Waals surface area contributed by atoms with E-state index in [4.69, 9.17) is 19.2 Å². The van der Waals surface area contributed by atoms with Crippen molar-refractivity contribution in [3.8, 4) is 0 Å². The molecular weight excluding hydrogens is 443 g/mol. The van der Waals surface area contributed by atoms with E-state index in [2.05, 4.69) is 5.32 Å². The van der Waals surface area contributed by atoms with E-state index < -0.39 is 34.4 Å². The zero-order valence-electron chi connectivity index (χ0n) is 19.2. The third-order valence-electron chi connectivity index (χ3n) is 5.77. The molecule has 0 spiro atoms. The van der Waals surface area contributed by atoms with Crippen molar-refractivity contribution in [2.24, 2.45) is 5.14 Å². The first-order valence-corrected chi connectivity index (χ1v) is 12.1. The van der Waals surface area contributed by atoms with Gasteiger partial charge in [0.1, 0.15) is 6.61 Å². The molecule has 1 heterocycles. The van der Waals surface area contributed by atoms with E-state index in [9.17, 15) is 13.2 Å². The lowest BCUT2D eigenvalue weighted by Crippen LogP contribution is -2.41. The predicted octanol–water partition coefficient (Wildman–Crippen LogP) is 3.28. The monoisotopic (exact) mass is 472 g/mol. The molecule has 3 N–H and O–H groups in total. The largest absolute Gasteiger partial charge is 0.492 e. The minimum absolute atomic E-state index is 0.0134. The Bertz CT molecular complexity index is 1100. The fourth-order valence-corrected chi connectivity index (χ4v) is 3.63. The first-order chi connectivity index (χ1) is 15.4. The summed E-state index contributed by atoms with van der Waals surface area (Å²) in [6.45, 7) is 8.01. The number of carbonyl (C=O) groups is 1. The van der Waals surface area contributed by atoms with Crippen LogP contribution in [0.2, 0.25) is 0 Å². The SMILES string of the molecule is CC1(C)OB(C(=Cc2ccc(S(N)(=O)=O)cc2)CNC(=O)OCc2ccccc2)OC1(C)C. The molecule has 8 nitrogen and oxygen atoms in total. The lowest BCUT2D eigenvalue weighted by Gasteiger charge is -2.32. The van der Waals surface area contributed by atoms with E-state index in [1.807, 2.05) is 58.0 Å². The third-order valence-corrected chi connectivity index (χ3v) is 6.70. The van der Waals surface area contributed by atoms with Gasteiger partial charge in [-0.15, -0.1) is 0 Å². The summed E-state index contributed by atoms with van der Waals surface area (Å²) in [4.78, 5) is 12.3. The summed E-state index contributed by atoms with van der Waals surface area (Å²) in [5.41, 5.74) is 1.09. The van der Waals surface area contributed by atoms with Crippen molar-refractivity contribution in [2.45, 2.75) is 50.4 Å². The second-order valence-electron chi connectivity index (χ2n) is 8.84. The fourth-order valence-electron chi connectivity index (χ4n) is 3.11. The average Bonchev–Trinajstić information content (AvgIpc) is 2.97. The highest BCUT2D eigenvalue weighted by Gasteiger charge is 2.52. The summed E-state index contributed by atoms with van der Waals surface area (Å²) in [5.74, 6) is 0. The van der Waals surface area contributed by atoms with Crippen LogP contribution in [0.5, 0.6) is 0 Å². The fraction of sp³-hybridized carbons (Fsp3) is 0.348. The normalized spacial score (nSPS) is 17.6. The van der Waals surface area contributed by atoms with Gasteiger partial charge in [-0.2, -0.15) is 0 Å². The molecule has 0 saturated carbocycles. The first-order valence-electron chi connectivity index (χ1n) is 10.5. The molecule has 10 heteroatoms. The molecule has 176 valence electrons. The number of nitrogens with one attached hydrogen (secondary N) is 1. The maximum Gasteiger partial charge on any atom is 0.492 e. The van der Waals surface area contributed by atoms with Gasteiger partial charge >= 0.3 is 13.2 Å². The van der Waals surface area contributed by atoms with Crippen molar-refractivity contribution in [1.29, 1.82) is 0 Å². The minimum atomic E-state index is -3.79. The van der Waals surface area contributed by atoms with Gasteiger partial charge < -0.3 is 19.4 Å². The molecular formula is C23H29BN2O6S. The molecule has 3 rings (SSSR count). The Kier molecular flexibility index (Phi) is 7.33. The molecule has 0 bridgehead atoms. The molecule has 1 fully saturated rings.